The molecule has 0 bridgehead atoms. The highest BCUT2D eigenvalue weighted by atomic mass is 16.2. The molecule has 4 amide bonds. The molecule has 2 N–H and O–H groups in total. The molecule has 4 aliphatic carbocycles. The Balaban J connectivity index is 1.22. The van der Waals surface area contributed by atoms with Crippen molar-refractivity contribution in [1.82, 2.24) is 25.3 Å². The number of nitrogens with one attached hydrogen (secondary N) is 2. The van der Waals surface area contributed by atoms with E-state index < -0.39 is 41.3 Å². The molecule has 6 aliphatic rings. The van der Waals surface area contributed by atoms with E-state index in [1.165, 1.54) is 0 Å². The molecule has 0 radical (unpaired) electrons. The maximum atomic E-state index is 15.0. The molecule has 2 aliphatic heterocycles. The number of hydrogen-bond acceptors (Lipinski definition) is 7. The molecular formula is C43H69N5O6. The quantitative estimate of drug-likeness (QED) is 0.223. The molecule has 2 saturated heterocycles. The van der Waals surface area contributed by atoms with Gasteiger partial charge in [-0.25, -0.2) is 4.79 Å². The number of urea groups is 1. The summed E-state index contributed by atoms with van der Waals surface area (Å²) < 4.78 is 0. The second-order valence-corrected chi connectivity index (χ2v) is 19.8. The minimum absolute atomic E-state index is 0.0339. The SMILES string of the molecule is CCC[C@H](CC(=O)[C@@H]1C[C@@]2(CN1C(=O)[C@@H](NC(=O)N[C@H](C(=O)N1CCN(C)CC1)C1CCCCC1)C(C)(C)C)C(C)(C)C21CCC1)C(=O)C(=O)CC1CC1. The summed E-state index contributed by atoms with van der Waals surface area (Å²) in [5.41, 5.74) is -0.899. The third kappa shape index (κ3) is 7.65. The van der Waals surface area contributed by atoms with Crippen molar-refractivity contribution in [1.29, 1.82) is 0 Å². The van der Waals surface area contributed by atoms with Gasteiger partial charge in [-0.15, -0.1) is 0 Å². The minimum Gasteiger partial charge on any atom is -0.338 e. The first-order valence-electron chi connectivity index (χ1n) is 21.4. The van der Waals surface area contributed by atoms with Crippen LogP contribution >= 0.6 is 0 Å². The monoisotopic (exact) mass is 752 g/mol. The summed E-state index contributed by atoms with van der Waals surface area (Å²) in [5, 5.41) is 6.10. The Labute approximate surface area is 323 Å². The van der Waals surface area contributed by atoms with Gasteiger partial charge < -0.3 is 25.3 Å². The number of Topliss-reactive ketones (excluding diaryl/α,β-unsaturated/α-hetero) is 3. The molecule has 302 valence electrons. The molecule has 0 aromatic rings. The zero-order valence-corrected chi connectivity index (χ0v) is 34.4. The fourth-order valence-corrected chi connectivity index (χ4v) is 11.3. The number of fused-ring (bicyclic) bond motifs is 1. The van der Waals surface area contributed by atoms with Gasteiger partial charge in [0.25, 0.3) is 0 Å². The average Bonchev–Trinajstić information content (AvgIpc) is 3.93. The van der Waals surface area contributed by atoms with E-state index >= 15 is 0 Å². The van der Waals surface area contributed by atoms with Crippen LogP contribution < -0.4 is 10.6 Å². The molecule has 4 saturated carbocycles. The molecule has 0 unspecified atom stereocenters. The van der Waals surface area contributed by atoms with Gasteiger partial charge in [-0.05, 0) is 86.5 Å². The van der Waals surface area contributed by atoms with Crippen LogP contribution in [-0.2, 0) is 24.0 Å². The van der Waals surface area contributed by atoms with E-state index in [0.29, 0.717) is 44.8 Å². The normalized spacial score (nSPS) is 28.2. The molecule has 54 heavy (non-hydrogen) atoms. The van der Waals surface area contributed by atoms with Crippen LogP contribution in [0.5, 0.6) is 0 Å². The summed E-state index contributed by atoms with van der Waals surface area (Å²) in [5.74, 6) is -1.66. The Morgan fingerprint density at radius 3 is 2.00 bits per heavy atom. The van der Waals surface area contributed by atoms with Gasteiger partial charge in [0.05, 0.1) is 6.04 Å². The molecule has 6 rings (SSSR count). The van der Waals surface area contributed by atoms with Crippen LogP contribution in [0.1, 0.15) is 138 Å². The van der Waals surface area contributed by atoms with Crippen LogP contribution in [-0.4, -0.2) is 108 Å². The smallest absolute Gasteiger partial charge is 0.316 e. The lowest BCUT2D eigenvalue weighted by Gasteiger charge is -2.39. The van der Waals surface area contributed by atoms with E-state index in [4.69, 9.17) is 0 Å². The Bertz CT molecular complexity index is 1460. The summed E-state index contributed by atoms with van der Waals surface area (Å²) >= 11 is 0. The lowest BCUT2D eigenvalue weighted by Crippen LogP contribution is -2.62. The zero-order chi connectivity index (χ0) is 39.2. The zero-order valence-electron chi connectivity index (χ0n) is 34.4. The summed E-state index contributed by atoms with van der Waals surface area (Å²) in [6.07, 6.45) is 12.0. The van der Waals surface area contributed by atoms with E-state index in [1.807, 2.05) is 39.6 Å². The fourth-order valence-electron chi connectivity index (χ4n) is 11.3. The van der Waals surface area contributed by atoms with Crippen molar-refractivity contribution in [3.63, 3.8) is 0 Å². The lowest BCUT2D eigenvalue weighted by molar-refractivity contribution is -0.143. The second-order valence-electron chi connectivity index (χ2n) is 19.8. The second kappa shape index (κ2) is 15.6. The number of carbonyl (C=O) groups is 6. The van der Waals surface area contributed by atoms with Crippen molar-refractivity contribution in [2.24, 2.45) is 39.4 Å². The van der Waals surface area contributed by atoms with E-state index in [9.17, 15) is 28.8 Å². The largest absolute Gasteiger partial charge is 0.338 e. The molecule has 6 fully saturated rings. The lowest BCUT2D eigenvalue weighted by atomic mass is 9.73. The topological polar surface area (TPSA) is 136 Å². The van der Waals surface area contributed by atoms with E-state index in [1.54, 1.807) is 4.90 Å². The molecule has 11 heteroatoms. The van der Waals surface area contributed by atoms with E-state index in [-0.39, 0.29) is 58.4 Å². The number of piperazine rings is 1. The predicted molar refractivity (Wildman–Crippen MR) is 207 cm³/mol. The van der Waals surface area contributed by atoms with Crippen LogP contribution in [0.15, 0.2) is 0 Å². The molecular weight excluding hydrogens is 683 g/mol. The third-order valence-corrected chi connectivity index (χ3v) is 15.2. The van der Waals surface area contributed by atoms with Gasteiger partial charge in [-0.1, -0.05) is 73.6 Å². The molecule has 0 aromatic carbocycles. The number of nitrogens with zero attached hydrogens (tertiary/aromatic N) is 3. The summed E-state index contributed by atoms with van der Waals surface area (Å²) in [7, 11) is 2.05. The number of likely N-dealkylation sites (tertiary alicyclic amines) is 1. The highest BCUT2D eigenvalue weighted by molar-refractivity contribution is 6.38. The molecule has 11 nitrogen and oxygen atoms in total. The average molecular weight is 752 g/mol. The van der Waals surface area contributed by atoms with Gasteiger partial charge in [-0.3, -0.25) is 24.0 Å². The van der Waals surface area contributed by atoms with Gasteiger partial charge in [0.15, 0.2) is 11.6 Å². The van der Waals surface area contributed by atoms with Gasteiger partial charge in [0.1, 0.15) is 12.1 Å². The van der Waals surface area contributed by atoms with Gasteiger partial charge in [0, 0.05) is 56.9 Å². The maximum Gasteiger partial charge on any atom is 0.316 e. The number of likely N-dealkylation sites (N-methyl/N-ethyl adjacent to an activating group) is 1. The molecule has 2 spiro atoms. The number of amides is 4. The highest BCUT2D eigenvalue weighted by Gasteiger charge is 2.85. The summed E-state index contributed by atoms with van der Waals surface area (Å²) in [6, 6.07) is -2.90. The van der Waals surface area contributed by atoms with Gasteiger partial charge in [-0.2, -0.15) is 0 Å². The molecule has 2 heterocycles. The number of carbonyl (C=O) groups excluding carboxylic acids is 6. The van der Waals surface area contributed by atoms with Crippen molar-refractivity contribution in [3.05, 3.63) is 0 Å². The number of hydrogen-bond donors (Lipinski definition) is 2. The van der Waals surface area contributed by atoms with Gasteiger partial charge >= 0.3 is 6.03 Å². The van der Waals surface area contributed by atoms with E-state index in [2.05, 4.69) is 29.4 Å². The Morgan fingerprint density at radius 1 is 0.815 bits per heavy atom. The number of rotatable bonds is 14. The van der Waals surface area contributed by atoms with Crippen LogP contribution in [0.2, 0.25) is 0 Å². The van der Waals surface area contributed by atoms with Gasteiger partial charge in [0.2, 0.25) is 17.6 Å². The first-order chi connectivity index (χ1) is 25.5. The van der Waals surface area contributed by atoms with Crippen molar-refractivity contribution in [2.75, 3.05) is 39.8 Å². The van der Waals surface area contributed by atoms with Crippen LogP contribution in [0.3, 0.4) is 0 Å². The van der Waals surface area contributed by atoms with Crippen molar-refractivity contribution in [2.45, 2.75) is 156 Å². The van der Waals surface area contributed by atoms with Crippen LogP contribution in [0.4, 0.5) is 4.79 Å². The first kappa shape index (κ1) is 40.8. The Kier molecular flexibility index (Phi) is 11.8. The standard InChI is InChI=1S/C43H69N5O6/c1-8-13-30(35(51)33(50)24-28-16-17-28)25-32(49)31-26-43(41(5,6)42(43)18-12-19-42)27-48(31)38(53)36(40(2,3)4)45-39(54)44-34(29-14-10-9-11-15-29)37(52)47-22-20-46(7)21-23-47/h28-31,34,36H,8-27H2,1-7H3,(H2,44,45,54)/t30-,31+,34+,36-,43-/m1/s1. The third-order valence-electron chi connectivity index (χ3n) is 15.2. The van der Waals surface area contributed by atoms with Crippen LogP contribution in [0, 0.1) is 39.4 Å². The van der Waals surface area contributed by atoms with E-state index in [0.717, 1.165) is 77.3 Å². The molecule has 5 atom stereocenters. The Morgan fingerprint density at radius 2 is 1.46 bits per heavy atom. The maximum absolute atomic E-state index is 15.0. The van der Waals surface area contributed by atoms with Crippen molar-refractivity contribution in [3.8, 4) is 0 Å². The van der Waals surface area contributed by atoms with Crippen molar-refractivity contribution >= 4 is 35.2 Å². The minimum atomic E-state index is -0.957. The van der Waals surface area contributed by atoms with Crippen molar-refractivity contribution < 1.29 is 28.8 Å². The Hall–Kier alpha value is -2.82. The first-order valence-corrected chi connectivity index (χ1v) is 21.4. The number of ketones is 3. The fraction of sp³-hybridized carbons (Fsp3) is 0.860. The highest BCUT2D eigenvalue weighted by Crippen LogP contribution is 2.88. The predicted octanol–water partition coefficient (Wildman–Crippen LogP) is 5.53. The summed E-state index contributed by atoms with van der Waals surface area (Å²) in [6.45, 7) is 15.5. The van der Waals surface area contributed by atoms with Crippen LogP contribution in [0.25, 0.3) is 0 Å². The summed E-state index contributed by atoms with van der Waals surface area (Å²) in [4.78, 5) is 89.7. The molecule has 0 aromatic heterocycles.